The van der Waals surface area contributed by atoms with Crippen LogP contribution in [0, 0.1) is 6.92 Å². The average molecular weight is 307 g/mol. The largest absolute Gasteiger partial charge is 0.504 e. The first-order valence-electron chi connectivity index (χ1n) is 7.68. The van der Waals surface area contributed by atoms with Crippen molar-refractivity contribution in [1.82, 2.24) is 14.8 Å². The SMILES string of the molecule is Cc1c(O)c(-c2ccc(-c3ccncc3)cc2)nn1C(C)(C)C. The van der Waals surface area contributed by atoms with Gasteiger partial charge >= 0.3 is 0 Å². The van der Waals surface area contributed by atoms with E-state index in [9.17, 15) is 5.11 Å². The summed E-state index contributed by atoms with van der Waals surface area (Å²) in [5.41, 5.74) is 4.38. The van der Waals surface area contributed by atoms with E-state index in [4.69, 9.17) is 0 Å². The molecule has 118 valence electrons. The minimum Gasteiger partial charge on any atom is -0.504 e. The molecule has 0 saturated heterocycles. The van der Waals surface area contributed by atoms with E-state index < -0.39 is 0 Å². The lowest BCUT2D eigenvalue weighted by Gasteiger charge is -2.20. The van der Waals surface area contributed by atoms with Crippen LogP contribution >= 0.6 is 0 Å². The van der Waals surface area contributed by atoms with Crippen LogP contribution in [0.15, 0.2) is 48.8 Å². The van der Waals surface area contributed by atoms with E-state index >= 15 is 0 Å². The second-order valence-electron chi connectivity index (χ2n) is 6.68. The summed E-state index contributed by atoms with van der Waals surface area (Å²) < 4.78 is 1.87. The van der Waals surface area contributed by atoms with Gasteiger partial charge in [-0.1, -0.05) is 24.3 Å². The second kappa shape index (κ2) is 5.54. The molecule has 0 aliphatic rings. The van der Waals surface area contributed by atoms with E-state index in [1.807, 2.05) is 48.0 Å². The summed E-state index contributed by atoms with van der Waals surface area (Å²) in [4.78, 5) is 4.04. The number of pyridine rings is 1. The normalized spacial score (nSPS) is 11.7. The number of aromatic hydroxyl groups is 1. The molecule has 3 aromatic rings. The highest BCUT2D eigenvalue weighted by molar-refractivity contribution is 5.71. The summed E-state index contributed by atoms with van der Waals surface area (Å²) >= 11 is 0. The van der Waals surface area contributed by atoms with Crippen molar-refractivity contribution in [2.45, 2.75) is 33.2 Å². The molecule has 0 spiro atoms. The monoisotopic (exact) mass is 307 g/mol. The fraction of sp³-hybridized carbons (Fsp3) is 0.263. The third kappa shape index (κ3) is 2.84. The van der Waals surface area contributed by atoms with E-state index in [0.717, 1.165) is 22.4 Å². The number of hydrogen-bond acceptors (Lipinski definition) is 3. The molecule has 0 saturated carbocycles. The van der Waals surface area contributed by atoms with Crippen molar-refractivity contribution in [1.29, 1.82) is 0 Å². The predicted octanol–water partition coefficient (Wildman–Crippen LogP) is 4.38. The maximum Gasteiger partial charge on any atom is 0.164 e. The molecule has 2 heterocycles. The van der Waals surface area contributed by atoms with Crippen LogP contribution in [0.3, 0.4) is 0 Å². The summed E-state index contributed by atoms with van der Waals surface area (Å²) in [5, 5.41) is 15.0. The Morgan fingerprint density at radius 1 is 0.870 bits per heavy atom. The molecule has 4 heteroatoms. The number of benzene rings is 1. The van der Waals surface area contributed by atoms with Gasteiger partial charge in [0.2, 0.25) is 0 Å². The van der Waals surface area contributed by atoms with Gasteiger partial charge < -0.3 is 5.11 Å². The van der Waals surface area contributed by atoms with Gasteiger partial charge in [-0.3, -0.25) is 9.67 Å². The van der Waals surface area contributed by atoms with Crippen LogP contribution in [-0.4, -0.2) is 19.9 Å². The molecule has 0 bridgehead atoms. The second-order valence-corrected chi connectivity index (χ2v) is 6.68. The predicted molar refractivity (Wildman–Crippen MR) is 92.3 cm³/mol. The number of hydrogen-bond donors (Lipinski definition) is 1. The van der Waals surface area contributed by atoms with Crippen LogP contribution in [-0.2, 0) is 5.54 Å². The Labute approximate surface area is 136 Å². The molecule has 0 aliphatic carbocycles. The topological polar surface area (TPSA) is 50.9 Å². The molecule has 1 N–H and O–H groups in total. The maximum atomic E-state index is 10.4. The minimum absolute atomic E-state index is 0.170. The number of rotatable bonds is 2. The van der Waals surface area contributed by atoms with Crippen molar-refractivity contribution < 1.29 is 5.11 Å². The van der Waals surface area contributed by atoms with E-state index in [1.54, 1.807) is 12.4 Å². The van der Waals surface area contributed by atoms with Crippen LogP contribution in [0.25, 0.3) is 22.4 Å². The highest BCUT2D eigenvalue weighted by Crippen LogP contribution is 2.34. The molecular weight excluding hydrogens is 286 g/mol. The van der Waals surface area contributed by atoms with Gasteiger partial charge in [-0.15, -0.1) is 0 Å². The zero-order chi connectivity index (χ0) is 16.6. The summed E-state index contributed by atoms with van der Waals surface area (Å²) in [6.45, 7) is 8.11. The lowest BCUT2D eigenvalue weighted by atomic mass is 10.0. The van der Waals surface area contributed by atoms with E-state index in [2.05, 4.69) is 30.9 Å². The molecule has 3 rings (SSSR count). The van der Waals surface area contributed by atoms with Crippen molar-refractivity contribution in [3.8, 4) is 28.1 Å². The molecule has 0 fully saturated rings. The van der Waals surface area contributed by atoms with Gasteiger partial charge in [-0.05, 0) is 51.0 Å². The van der Waals surface area contributed by atoms with Crippen LogP contribution in [0.4, 0.5) is 0 Å². The summed E-state index contributed by atoms with van der Waals surface area (Å²) in [6.07, 6.45) is 3.56. The van der Waals surface area contributed by atoms with Crippen LogP contribution < -0.4 is 0 Å². The van der Waals surface area contributed by atoms with Gasteiger partial charge in [0.05, 0.1) is 11.2 Å². The summed E-state index contributed by atoms with van der Waals surface area (Å²) in [5.74, 6) is 0.247. The lowest BCUT2D eigenvalue weighted by Crippen LogP contribution is -2.24. The molecule has 0 radical (unpaired) electrons. The molecule has 0 unspecified atom stereocenters. The summed E-state index contributed by atoms with van der Waals surface area (Å²) in [7, 11) is 0. The zero-order valence-corrected chi connectivity index (χ0v) is 13.9. The molecule has 0 aliphatic heterocycles. The van der Waals surface area contributed by atoms with Gasteiger partial charge in [0.15, 0.2) is 5.75 Å². The van der Waals surface area contributed by atoms with Crippen LogP contribution in [0.5, 0.6) is 5.75 Å². The Bertz CT molecular complexity index is 812. The third-order valence-electron chi connectivity index (χ3n) is 3.89. The Hall–Kier alpha value is -2.62. The smallest absolute Gasteiger partial charge is 0.164 e. The lowest BCUT2D eigenvalue weighted by molar-refractivity contribution is 0.345. The highest BCUT2D eigenvalue weighted by Gasteiger charge is 2.22. The molecule has 0 amide bonds. The molecule has 4 nitrogen and oxygen atoms in total. The van der Waals surface area contributed by atoms with Crippen molar-refractivity contribution in [3.63, 3.8) is 0 Å². The third-order valence-corrected chi connectivity index (χ3v) is 3.89. The van der Waals surface area contributed by atoms with E-state index in [1.165, 1.54) is 0 Å². The molecule has 1 aromatic carbocycles. The number of nitrogens with zero attached hydrogens (tertiary/aromatic N) is 3. The zero-order valence-electron chi connectivity index (χ0n) is 13.9. The molecule has 2 aromatic heterocycles. The summed E-state index contributed by atoms with van der Waals surface area (Å²) in [6, 6.07) is 12.0. The average Bonchev–Trinajstić information content (AvgIpc) is 2.84. The van der Waals surface area contributed by atoms with Crippen molar-refractivity contribution in [2.75, 3.05) is 0 Å². The standard InChI is InChI=1S/C19H21N3O/c1-13-18(23)17(21-22(13)19(2,3)4)16-7-5-14(6-8-16)15-9-11-20-12-10-15/h5-12,23H,1-4H3. The fourth-order valence-electron chi connectivity index (χ4n) is 2.71. The van der Waals surface area contributed by atoms with Gasteiger partial charge in [0.25, 0.3) is 0 Å². The van der Waals surface area contributed by atoms with E-state index in [-0.39, 0.29) is 11.3 Å². The van der Waals surface area contributed by atoms with Crippen molar-refractivity contribution >= 4 is 0 Å². The molecule has 0 atom stereocenters. The van der Waals surface area contributed by atoms with Gasteiger partial charge in [0, 0.05) is 18.0 Å². The first kappa shape index (κ1) is 15.3. The van der Waals surface area contributed by atoms with Crippen LogP contribution in [0.2, 0.25) is 0 Å². The Morgan fingerprint density at radius 2 is 1.39 bits per heavy atom. The van der Waals surface area contributed by atoms with Gasteiger partial charge in [-0.25, -0.2) is 0 Å². The van der Waals surface area contributed by atoms with E-state index in [0.29, 0.717) is 5.69 Å². The Morgan fingerprint density at radius 3 is 1.91 bits per heavy atom. The minimum atomic E-state index is -0.170. The number of aromatic nitrogens is 3. The highest BCUT2D eigenvalue weighted by atomic mass is 16.3. The Kier molecular flexibility index (Phi) is 3.68. The molecule has 23 heavy (non-hydrogen) atoms. The van der Waals surface area contributed by atoms with Crippen molar-refractivity contribution in [3.05, 3.63) is 54.5 Å². The van der Waals surface area contributed by atoms with Gasteiger partial charge in [-0.2, -0.15) is 5.10 Å². The molecular formula is C19H21N3O. The first-order valence-corrected chi connectivity index (χ1v) is 7.68. The van der Waals surface area contributed by atoms with Crippen molar-refractivity contribution in [2.24, 2.45) is 0 Å². The fourth-order valence-corrected chi connectivity index (χ4v) is 2.71. The first-order chi connectivity index (χ1) is 10.9. The quantitative estimate of drug-likeness (QED) is 0.764. The maximum absolute atomic E-state index is 10.4. The van der Waals surface area contributed by atoms with Crippen LogP contribution in [0.1, 0.15) is 26.5 Å². The Balaban J connectivity index is 2.01. The van der Waals surface area contributed by atoms with Gasteiger partial charge in [0.1, 0.15) is 5.69 Å².